The standard InChI is InChI=1S/C19H31F2N3O4/c1-4-22-19(23-9-5-6-10-27-12-11-25-2)24-14-15-13-16(26-3)7-8-17(15)28-18(20)21/h7-8,13,18H,4-6,9-12,14H2,1-3H3,(H2,22,23,24). The summed E-state index contributed by atoms with van der Waals surface area (Å²) in [4.78, 5) is 4.45. The second-order valence-corrected chi connectivity index (χ2v) is 5.79. The van der Waals surface area contributed by atoms with Gasteiger partial charge in [0.1, 0.15) is 11.5 Å². The molecule has 28 heavy (non-hydrogen) atoms. The number of nitrogens with one attached hydrogen (secondary N) is 2. The lowest BCUT2D eigenvalue weighted by Gasteiger charge is -2.13. The van der Waals surface area contributed by atoms with Gasteiger partial charge < -0.3 is 29.6 Å². The summed E-state index contributed by atoms with van der Waals surface area (Å²) in [6.07, 6.45) is 1.83. The van der Waals surface area contributed by atoms with Crippen molar-refractivity contribution >= 4 is 5.96 Å². The Hall–Kier alpha value is -2.13. The number of unbranched alkanes of at least 4 members (excludes halogenated alkanes) is 1. The molecule has 0 heterocycles. The van der Waals surface area contributed by atoms with Gasteiger partial charge in [0.2, 0.25) is 0 Å². The maximum atomic E-state index is 12.6. The molecule has 0 spiro atoms. The Morgan fingerprint density at radius 3 is 2.61 bits per heavy atom. The summed E-state index contributed by atoms with van der Waals surface area (Å²) in [5, 5.41) is 6.35. The van der Waals surface area contributed by atoms with Crippen LogP contribution in [0.1, 0.15) is 25.3 Å². The molecule has 0 atom stereocenters. The number of guanidine groups is 1. The number of rotatable bonds is 14. The molecule has 0 amide bonds. The Morgan fingerprint density at radius 2 is 1.93 bits per heavy atom. The van der Waals surface area contributed by atoms with Crippen molar-refractivity contribution in [3.63, 3.8) is 0 Å². The summed E-state index contributed by atoms with van der Waals surface area (Å²) in [5.41, 5.74) is 0.517. The number of halogens is 2. The van der Waals surface area contributed by atoms with Gasteiger partial charge in [-0.25, -0.2) is 4.99 Å². The number of aliphatic imine (C=N–C) groups is 1. The van der Waals surface area contributed by atoms with Crippen molar-refractivity contribution in [1.29, 1.82) is 0 Å². The summed E-state index contributed by atoms with van der Waals surface area (Å²) in [5.74, 6) is 1.25. The van der Waals surface area contributed by atoms with Crippen LogP contribution in [0, 0.1) is 0 Å². The Balaban J connectivity index is 2.56. The molecule has 0 fully saturated rings. The van der Waals surface area contributed by atoms with Gasteiger partial charge in [-0.05, 0) is 38.0 Å². The van der Waals surface area contributed by atoms with Crippen molar-refractivity contribution in [2.45, 2.75) is 32.9 Å². The molecule has 0 saturated carbocycles. The summed E-state index contributed by atoms with van der Waals surface area (Å²) < 4.78 is 45.3. The molecule has 160 valence electrons. The zero-order valence-electron chi connectivity index (χ0n) is 16.8. The highest BCUT2D eigenvalue weighted by Gasteiger charge is 2.11. The third kappa shape index (κ3) is 10.3. The smallest absolute Gasteiger partial charge is 0.387 e. The van der Waals surface area contributed by atoms with E-state index in [1.54, 1.807) is 19.2 Å². The predicted octanol–water partition coefficient (Wildman–Crippen LogP) is 2.79. The van der Waals surface area contributed by atoms with E-state index >= 15 is 0 Å². The van der Waals surface area contributed by atoms with Gasteiger partial charge in [-0.3, -0.25) is 0 Å². The fourth-order valence-electron chi connectivity index (χ4n) is 2.30. The molecule has 1 aromatic rings. The molecule has 0 aromatic heterocycles. The first-order valence-corrected chi connectivity index (χ1v) is 9.31. The van der Waals surface area contributed by atoms with Gasteiger partial charge in [-0.15, -0.1) is 0 Å². The highest BCUT2D eigenvalue weighted by Crippen LogP contribution is 2.26. The van der Waals surface area contributed by atoms with E-state index in [4.69, 9.17) is 14.2 Å². The second-order valence-electron chi connectivity index (χ2n) is 5.79. The van der Waals surface area contributed by atoms with Crippen LogP contribution >= 0.6 is 0 Å². The van der Waals surface area contributed by atoms with Crippen LogP contribution in [0.2, 0.25) is 0 Å². The van der Waals surface area contributed by atoms with Crippen molar-refractivity contribution in [2.75, 3.05) is 47.1 Å². The zero-order valence-corrected chi connectivity index (χ0v) is 16.8. The first-order chi connectivity index (χ1) is 13.6. The minimum atomic E-state index is -2.89. The van der Waals surface area contributed by atoms with Crippen LogP contribution in [0.4, 0.5) is 8.78 Å². The van der Waals surface area contributed by atoms with E-state index in [9.17, 15) is 8.78 Å². The molecule has 0 aliphatic rings. The van der Waals surface area contributed by atoms with E-state index in [1.807, 2.05) is 6.92 Å². The van der Waals surface area contributed by atoms with Gasteiger partial charge >= 0.3 is 6.61 Å². The van der Waals surface area contributed by atoms with E-state index in [2.05, 4.69) is 20.4 Å². The third-order valence-corrected chi connectivity index (χ3v) is 3.68. The third-order valence-electron chi connectivity index (χ3n) is 3.68. The van der Waals surface area contributed by atoms with Gasteiger partial charge in [0.15, 0.2) is 5.96 Å². The summed E-state index contributed by atoms with van der Waals surface area (Å²) in [6, 6.07) is 4.67. The molecular weight excluding hydrogens is 372 g/mol. The molecule has 0 aliphatic carbocycles. The first kappa shape index (κ1) is 23.9. The fraction of sp³-hybridized carbons (Fsp3) is 0.632. The lowest BCUT2D eigenvalue weighted by molar-refractivity contribution is -0.0504. The highest BCUT2D eigenvalue weighted by atomic mass is 19.3. The minimum absolute atomic E-state index is 0.0867. The van der Waals surface area contributed by atoms with Crippen molar-refractivity contribution in [3.05, 3.63) is 23.8 Å². The topological polar surface area (TPSA) is 73.3 Å². The summed E-state index contributed by atoms with van der Waals surface area (Å²) >= 11 is 0. The van der Waals surface area contributed by atoms with E-state index in [-0.39, 0.29) is 12.3 Å². The van der Waals surface area contributed by atoms with Crippen LogP contribution in [-0.2, 0) is 16.0 Å². The lowest BCUT2D eigenvalue weighted by Crippen LogP contribution is -2.37. The molecule has 1 aromatic carbocycles. The number of hydrogen-bond donors (Lipinski definition) is 2. The van der Waals surface area contributed by atoms with Crippen LogP contribution in [0.15, 0.2) is 23.2 Å². The van der Waals surface area contributed by atoms with Crippen LogP contribution in [0.25, 0.3) is 0 Å². The Kier molecular flexibility index (Phi) is 12.7. The molecule has 0 saturated heterocycles. The van der Waals surface area contributed by atoms with Gasteiger partial charge in [0, 0.05) is 32.4 Å². The van der Waals surface area contributed by atoms with Crippen LogP contribution in [0.5, 0.6) is 11.5 Å². The van der Waals surface area contributed by atoms with Gasteiger partial charge in [-0.1, -0.05) is 0 Å². The number of ether oxygens (including phenoxy) is 4. The number of benzene rings is 1. The monoisotopic (exact) mass is 403 g/mol. The van der Waals surface area contributed by atoms with E-state index in [1.165, 1.54) is 13.2 Å². The molecule has 0 unspecified atom stereocenters. The van der Waals surface area contributed by atoms with E-state index in [0.717, 1.165) is 19.4 Å². The van der Waals surface area contributed by atoms with Crippen LogP contribution in [-0.4, -0.2) is 59.7 Å². The number of hydrogen-bond acceptors (Lipinski definition) is 5. The van der Waals surface area contributed by atoms with Gasteiger partial charge in [0.25, 0.3) is 0 Å². The Labute approximate surface area is 165 Å². The summed E-state index contributed by atoms with van der Waals surface area (Å²) in [7, 11) is 3.16. The van der Waals surface area contributed by atoms with Crippen molar-refractivity contribution in [3.8, 4) is 11.5 Å². The Morgan fingerprint density at radius 1 is 1.11 bits per heavy atom. The molecule has 0 aliphatic heterocycles. The van der Waals surface area contributed by atoms with Crippen molar-refractivity contribution in [2.24, 2.45) is 4.99 Å². The molecule has 7 nitrogen and oxygen atoms in total. The average molecular weight is 403 g/mol. The first-order valence-electron chi connectivity index (χ1n) is 9.31. The van der Waals surface area contributed by atoms with Crippen molar-refractivity contribution < 1.29 is 27.7 Å². The lowest BCUT2D eigenvalue weighted by atomic mass is 10.2. The van der Waals surface area contributed by atoms with Gasteiger partial charge in [-0.2, -0.15) is 8.78 Å². The molecular formula is C19H31F2N3O4. The average Bonchev–Trinajstić information content (AvgIpc) is 2.68. The maximum Gasteiger partial charge on any atom is 0.387 e. The minimum Gasteiger partial charge on any atom is -0.497 e. The molecule has 9 heteroatoms. The van der Waals surface area contributed by atoms with Crippen LogP contribution < -0.4 is 20.1 Å². The second kappa shape index (κ2) is 14.9. The molecule has 0 bridgehead atoms. The normalized spacial score (nSPS) is 11.6. The predicted molar refractivity (Wildman–Crippen MR) is 104 cm³/mol. The van der Waals surface area contributed by atoms with Crippen LogP contribution in [0.3, 0.4) is 0 Å². The number of nitrogens with zero attached hydrogens (tertiary/aromatic N) is 1. The fourth-order valence-corrected chi connectivity index (χ4v) is 2.30. The van der Waals surface area contributed by atoms with E-state index in [0.29, 0.717) is 43.6 Å². The zero-order chi connectivity index (χ0) is 20.6. The number of alkyl halides is 2. The summed E-state index contributed by atoms with van der Waals surface area (Å²) in [6.45, 7) is 2.51. The largest absolute Gasteiger partial charge is 0.497 e. The van der Waals surface area contributed by atoms with Gasteiger partial charge in [0.05, 0.1) is 26.9 Å². The SMILES string of the molecule is CCNC(=NCc1cc(OC)ccc1OC(F)F)NCCCCOCCOC. The van der Waals surface area contributed by atoms with Crippen molar-refractivity contribution in [1.82, 2.24) is 10.6 Å². The molecule has 1 rings (SSSR count). The quantitative estimate of drug-likeness (QED) is 0.283. The Bertz CT molecular complexity index is 574. The maximum absolute atomic E-state index is 12.6. The molecule has 0 radical (unpaired) electrons. The highest BCUT2D eigenvalue weighted by molar-refractivity contribution is 5.79. The van der Waals surface area contributed by atoms with E-state index < -0.39 is 6.61 Å². The number of methoxy groups -OCH3 is 2. The molecule has 2 N–H and O–H groups in total.